The largest absolute Gasteiger partial charge is 1.00 e. The Kier molecular flexibility index (Phi) is 5.71. The van der Waals surface area contributed by atoms with Crippen LogP contribution in [0.25, 0.3) is 10.6 Å². The maximum absolute atomic E-state index is 10.5. The van der Waals surface area contributed by atoms with Gasteiger partial charge in [-0.25, -0.2) is 8.42 Å². The minimum atomic E-state index is -4.56. The number of hydrogen-bond donors (Lipinski definition) is 1. The summed E-state index contributed by atoms with van der Waals surface area (Å²) in [6.07, 6.45) is 0. The van der Waals surface area contributed by atoms with Gasteiger partial charge < -0.3 is 4.55 Å². The summed E-state index contributed by atoms with van der Waals surface area (Å²) in [6, 6.07) is 7.29. The molecule has 10 heteroatoms. The molecular weight excluding hydrogens is 353 g/mol. The van der Waals surface area contributed by atoms with Gasteiger partial charge in [0.15, 0.2) is 10.3 Å². The van der Waals surface area contributed by atoms with E-state index in [4.69, 9.17) is 0 Å². The monoisotopic (exact) mass is 357 g/mol. The number of halogens is 1. The van der Waals surface area contributed by atoms with Gasteiger partial charge in [-0.3, -0.25) is 4.72 Å². The van der Waals surface area contributed by atoms with E-state index in [0.29, 0.717) is 5.01 Å². The van der Waals surface area contributed by atoms with Crippen LogP contribution in [0.3, 0.4) is 0 Å². The van der Waals surface area contributed by atoms with Gasteiger partial charge in [0, 0.05) is 10.0 Å². The molecule has 1 aromatic carbocycles. The van der Waals surface area contributed by atoms with Crippen LogP contribution in [0.2, 0.25) is 0 Å². The van der Waals surface area contributed by atoms with Crippen molar-refractivity contribution < 1.29 is 42.5 Å². The number of hydrogen-bond acceptors (Lipinski definition) is 6. The standard InChI is InChI=1S/C8H6BrN3O3S2.Na/c9-6-3-1-2-5(4-6)7-10-11-8(16-7)12-17(13,14)15;/h1-4H,(H,11,12)(H,13,14,15);/q;+1/p-1. The van der Waals surface area contributed by atoms with Crippen molar-refractivity contribution >= 4 is 42.7 Å². The van der Waals surface area contributed by atoms with Gasteiger partial charge in [-0.1, -0.05) is 39.4 Å². The van der Waals surface area contributed by atoms with Gasteiger partial charge in [0.25, 0.3) is 0 Å². The second kappa shape index (κ2) is 6.42. The van der Waals surface area contributed by atoms with Crippen molar-refractivity contribution in [1.82, 2.24) is 10.2 Å². The Morgan fingerprint density at radius 3 is 2.67 bits per heavy atom. The molecule has 0 amide bonds. The second-order valence-corrected chi connectivity index (χ2v) is 5.98. The first-order valence-corrected chi connectivity index (χ1v) is 7.29. The summed E-state index contributed by atoms with van der Waals surface area (Å²) >= 11 is 4.30. The molecule has 2 aromatic rings. The predicted molar refractivity (Wildman–Crippen MR) is 66.4 cm³/mol. The van der Waals surface area contributed by atoms with Crippen molar-refractivity contribution in [3.05, 3.63) is 28.7 Å². The van der Waals surface area contributed by atoms with E-state index in [9.17, 15) is 13.0 Å². The Balaban J connectivity index is 0.00000162. The predicted octanol–water partition coefficient (Wildman–Crippen LogP) is -1.16. The summed E-state index contributed by atoms with van der Waals surface area (Å²) in [6.45, 7) is 0. The van der Waals surface area contributed by atoms with Crippen LogP contribution >= 0.6 is 27.3 Å². The molecule has 0 radical (unpaired) electrons. The Morgan fingerprint density at radius 2 is 2.06 bits per heavy atom. The molecule has 0 saturated carbocycles. The summed E-state index contributed by atoms with van der Waals surface area (Å²) in [5.74, 6) is 0. The molecule has 1 aromatic heterocycles. The van der Waals surface area contributed by atoms with Crippen molar-refractivity contribution in [2.45, 2.75) is 0 Å². The number of benzene rings is 1. The summed E-state index contributed by atoms with van der Waals surface area (Å²) in [4.78, 5) is 0. The number of aromatic nitrogens is 2. The van der Waals surface area contributed by atoms with Crippen LogP contribution in [-0.4, -0.2) is 23.2 Å². The van der Waals surface area contributed by atoms with E-state index in [1.807, 2.05) is 18.2 Å². The maximum atomic E-state index is 10.5. The van der Waals surface area contributed by atoms with Gasteiger partial charge in [0.2, 0.25) is 5.13 Å². The number of nitrogens with one attached hydrogen (secondary N) is 1. The first-order valence-electron chi connectivity index (χ1n) is 4.27. The van der Waals surface area contributed by atoms with Gasteiger partial charge in [0.05, 0.1) is 0 Å². The molecule has 90 valence electrons. The molecule has 6 nitrogen and oxygen atoms in total. The van der Waals surface area contributed by atoms with E-state index in [0.717, 1.165) is 21.4 Å². The van der Waals surface area contributed by atoms with Gasteiger partial charge in [0.1, 0.15) is 5.01 Å². The van der Waals surface area contributed by atoms with E-state index in [1.165, 1.54) is 0 Å². The van der Waals surface area contributed by atoms with Crippen LogP contribution in [0.1, 0.15) is 0 Å². The summed E-state index contributed by atoms with van der Waals surface area (Å²) < 4.78 is 34.0. The molecule has 0 aliphatic heterocycles. The minimum absolute atomic E-state index is 0. The van der Waals surface area contributed by atoms with E-state index < -0.39 is 10.3 Å². The third kappa shape index (κ3) is 4.57. The van der Waals surface area contributed by atoms with Crippen molar-refractivity contribution in [2.75, 3.05) is 4.72 Å². The van der Waals surface area contributed by atoms with Gasteiger partial charge >= 0.3 is 29.6 Å². The quantitative estimate of drug-likeness (QED) is 0.552. The Bertz CT molecular complexity index is 647. The van der Waals surface area contributed by atoms with Crippen LogP contribution in [0, 0.1) is 0 Å². The fourth-order valence-electron chi connectivity index (χ4n) is 1.11. The van der Waals surface area contributed by atoms with Gasteiger partial charge in [-0.2, -0.15) is 0 Å². The van der Waals surface area contributed by atoms with E-state index in [1.54, 1.807) is 10.8 Å². The molecular formula is C8H5BrN3NaO3S2. The van der Waals surface area contributed by atoms with Gasteiger partial charge in [-0.15, -0.1) is 10.2 Å². The SMILES string of the molecule is O=S(=O)([O-])Nc1nnc(-c2cccc(Br)c2)s1.[Na+]. The molecule has 0 bridgehead atoms. The van der Waals surface area contributed by atoms with Crippen molar-refractivity contribution in [2.24, 2.45) is 0 Å². The third-order valence-electron chi connectivity index (χ3n) is 1.71. The Labute approximate surface area is 138 Å². The average molecular weight is 358 g/mol. The molecule has 0 fully saturated rings. The van der Waals surface area contributed by atoms with Crippen molar-refractivity contribution in [3.8, 4) is 10.6 Å². The normalized spacial score (nSPS) is 10.8. The molecule has 1 N–H and O–H groups in total. The zero-order valence-electron chi connectivity index (χ0n) is 9.12. The van der Waals surface area contributed by atoms with Crippen LogP contribution in [0.4, 0.5) is 5.13 Å². The third-order valence-corrected chi connectivity index (χ3v) is 3.66. The van der Waals surface area contributed by atoms with E-state index in [-0.39, 0.29) is 34.7 Å². The maximum Gasteiger partial charge on any atom is 1.00 e. The fourth-order valence-corrected chi connectivity index (χ4v) is 2.83. The molecule has 0 unspecified atom stereocenters. The molecule has 18 heavy (non-hydrogen) atoms. The summed E-state index contributed by atoms with van der Waals surface area (Å²) in [7, 11) is -4.56. The number of rotatable bonds is 3. The number of anilines is 1. The smallest absolute Gasteiger partial charge is 0.731 e. The molecule has 0 aliphatic carbocycles. The number of nitrogens with zero attached hydrogens (tertiary/aromatic N) is 2. The van der Waals surface area contributed by atoms with Crippen molar-refractivity contribution in [1.29, 1.82) is 0 Å². The van der Waals surface area contributed by atoms with E-state index in [2.05, 4.69) is 26.1 Å². The zero-order chi connectivity index (χ0) is 12.5. The first kappa shape index (κ1) is 16.0. The Morgan fingerprint density at radius 1 is 1.33 bits per heavy atom. The van der Waals surface area contributed by atoms with Crippen LogP contribution in [0.15, 0.2) is 28.7 Å². The van der Waals surface area contributed by atoms with Gasteiger partial charge in [-0.05, 0) is 12.1 Å². The molecule has 1 heterocycles. The topological polar surface area (TPSA) is 95.0 Å². The molecule has 0 aliphatic rings. The van der Waals surface area contributed by atoms with Crippen molar-refractivity contribution in [3.63, 3.8) is 0 Å². The fraction of sp³-hybridized carbons (Fsp3) is 0. The molecule has 0 saturated heterocycles. The van der Waals surface area contributed by atoms with Crippen LogP contribution in [-0.2, 0) is 10.3 Å². The zero-order valence-corrected chi connectivity index (χ0v) is 14.3. The summed E-state index contributed by atoms with van der Waals surface area (Å²) in [5.41, 5.74) is 0.785. The molecule has 0 atom stereocenters. The Hall–Kier alpha value is -0.0300. The molecule has 0 spiro atoms. The molecule has 2 rings (SSSR count). The first-order chi connectivity index (χ1) is 7.94. The van der Waals surface area contributed by atoms with Crippen LogP contribution in [0.5, 0.6) is 0 Å². The minimum Gasteiger partial charge on any atom is -0.731 e. The average Bonchev–Trinajstić information content (AvgIpc) is 2.63. The van der Waals surface area contributed by atoms with Crippen LogP contribution < -0.4 is 34.3 Å². The summed E-state index contributed by atoms with van der Waals surface area (Å²) in [5, 5.41) is 7.84. The second-order valence-electron chi connectivity index (χ2n) is 2.98. The van der Waals surface area contributed by atoms with E-state index >= 15 is 0 Å².